The summed E-state index contributed by atoms with van der Waals surface area (Å²) in [5.41, 5.74) is 2.48. The SMILES string of the molecule is CCC1CCCC(NC(=NC)NCc2cccc(COC3CCOCC3)c2)C1.I. The van der Waals surface area contributed by atoms with Gasteiger partial charge in [0, 0.05) is 32.8 Å². The molecule has 2 fully saturated rings. The van der Waals surface area contributed by atoms with Gasteiger partial charge in [-0.3, -0.25) is 4.99 Å². The van der Waals surface area contributed by atoms with E-state index >= 15 is 0 Å². The molecule has 1 aromatic rings. The molecule has 0 bridgehead atoms. The Bertz CT molecular complexity index is 620. The van der Waals surface area contributed by atoms with Crippen molar-refractivity contribution in [2.45, 2.75) is 77.2 Å². The van der Waals surface area contributed by atoms with Crippen molar-refractivity contribution in [3.63, 3.8) is 0 Å². The Labute approximate surface area is 193 Å². The van der Waals surface area contributed by atoms with Crippen molar-refractivity contribution in [2.75, 3.05) is 20.3 Å². The molecule has 2 unspecified atom stereocenters. The molecule has 2 atom stereocenters. The second kappa shape index (κ2) is 13.4. The lowest BCUT2D eigenvalue weighted by Crippen LogP contribution is -2.45. The predicted molar refractivity (Wildman–Crippen MR) is 130 cm³/mol. The molecule has 5 nitrogen and oxygen atoms in total. The average molecular weight is 515 g/mol. The maximum Gasteiger partial charge on any atom is 0.191 e. The van der Waals surface area contributed by atoms with Gasteiger partial charge in [-0.1, -0.05) is 50.5 Å². The first-order chi connectivity index (χ1) is 13.8. The van der Waals surface area contributed by atoms with Crippen molar-refractivity contribution < 1.29 is 9.47 Å². The second-order valence-corrected chi connectivity index (χ2v) is 8.15. The zero-order chi connectivity index (χ0) is 19.6. The Morgan fingerprint density at radius 2 is 1.97 bits per heavy atom. The summed E-state index contributed by atoms with van der Waals surface area (Å²) < 4.78 is 11.5. The summed E-state index contributed by atoms with van der Waals surface area (Å²) in [6.45, 7) is 5.39. The highest BCUT2D eigenvalue weighted by Crippen LogP contribution is 2.26. The molecule has 0 spiro atoms. The fourth-order valence-corrected chi connectivity index (χ4v) is 4.25. The van der Waals surface area contributed by atoms with E-state index in [4.69, 9.17) is 9.47 Å². The first-order valence-corrected chi connectivity index (χ1v) is 11.0. The fourth-order valence-electron chi connectivity index (χ4n) is 4.25. The third-order valence-electron chi connectivity index (χ3n) is 6.03. The summed E-state index contributed by atoms with van der Waals surface area (Å²) in [7, 11) is 1.85. The minimum Gasteiger partial charge on any atom is -0.381 e. The predicted octanol–water partition coefficient (Wildman–Crippen LogP) is 4.63. The molecular formula is C23H38IN3O2. The number of ether oxygens (including phenoxy) is 2. The molecule has 1 heterocycles. The standard InChI is InChI=1S/C23H37N3O2.HI/c1-3-18-6-5-9-21(15-18)26-23(24-2)25-16-19-7-4-8-20(14-19)17-28-22-10-12-27-13-11-22;/h4,7-8,14,18,21-22H,3,5-6,9-13,15-17H2,1-2H3,(H2,24,25,26);1H. The molecule has 1 aromatic carbocycles. The lowest BCUT2D eigenvalue weighted by Gasteiger charge is -2.30. The maximum atomic E-state index is 6.06. The van der Waals surface area contributed by atoms with E-state index in [9.17, 15) is 0 Å². The van der Waals surface area contributed by atoms with E-state index in [0.717, 1.165) is 44.5 Å². The van der Waals surface area contributed by atoms with Crippen LogP contribution in [0.5, 0.6) is 0 Å². The van der Waals surface area contributed by atoms with Gasteiger partial charge in [0.1, 0.15) is 0 Å². The van der Waals surface area contributed by atoms with Gasteiger partial charge in [-0.25, -0.2) is 0 Å². The van der Waals surface area contributed by atoms with E-state index in [0.29, 0.717) is 18.8 Å². The van der Waals surface area contributed by atoms with Crippen LogP contribution in [0.3, 0.4) is 0 Å². The highest BCUT2D eigenvalue weighted by molar-refractivity contribution is 14.0. The number of benzene rings is 1. The summed E-state index contributed by atoms with van der Waals surface area (Å²) in [5.74, 6) is 1.77. The van der Waals surface area contributed by atoms with Gasteiger partial charge < -0.3 is 20.1 Å². The zero-order valence-electron chi connectivity index (χ0n) is 18.0. The lowest BCUT2D eigenvalue weighted by molar-refractivity contribution is -0.0390. The van der Waals surface area contributed by atoms with Crippen molar-refractivity contribution in [3.05, 3.63) is 35.4 Å². The van der Waals surface area contributed by atoms with Crippen LogP contribution in [0.2, 0.25) is 0 Å². The van der Waals surface area contributed by atoms with Gasteiger partial charge in [0.25, 0.3) is 0 Å². The Morgan fingerprint density at radius 1 is 1.17 bits per heavy atom. The van der Waals surface area contributed by atoms with Crippen molar-refractivity contribution in [1.82, 2.24) is 10.6 Å². The summed E-state index contributed by atoms with van der Waals surface area (Å²) in [4.78, 5) is 4.43. The van der Waals surface area contributed by atoms with Crippen LogP contribution < -0.4 is 10.6 Å². The Balaban J connectivity index is 0.00000300. The van der Waals surface area contributed by atoms with E-state index in [1.807, 2.05) is 7.05 Å². The lowest BCUT2D eigenvalue weighted by atomic mass is 9.84. The van der Waals surface area contributed by atoms with E-state index in [1.54, 1.807) is 0 Å². The zero-order valence-corrected chi connectivity index (χ0v) is 20.3. The van der Waals surface area contributed by atoms with Crippen molar-refractivity contribution in [3.8, 4) is 0 Å². The largest absolute Gasteiger partial charge is 0.381 e. The van der Waals surface area contributed by atoms with Gasteiger partial charge >= 0.3 is 0 Å². The Morgan fingerprint density at radius 3 is 2.72 bits per heavy atom. The number of nitrogens with one attached hydrogen (secondary N) is 2. The van der Waals surface area contributed by atoms with Crippen LogP contribution >= 0.6 is 24.0 Å². The smallest absolute Gasteiger partial charge is 0.191 e. The van der Waals surface area contributed by atoms with Crippen molar-refractivity contribution in [1.29, 1.82) is 0 Å². The van der Waals surface area contributed by atoms with Crippen LogP contribution in [0.1, 0.15) is 63.0 Å². The summed E-state index contributed by atoms with van der Waals surface area (Å²) in [6, 6.07) is 9.19. The van der Waals surface area contributed by atoms with Gasteiger partial charge in [0.05, 0.1) is 12.7 Å². The molecule has 6 heteroatoms. The van der Waals surface area contributed by atoms with Crippen molar-refractivity contribution in [2.24, 2.45) is 10.9 Å². The minimum atomic E-state index is 0. The second-order valence-electron chi connectivity index (χ2n) is 8.15. The van der Waals surface area contributed by atoms with Gasteiger partial charge in [0.2, 0.25) is 0 Å². The Hall–Kier alpha value is -0.860. The molecule has 1 aliphatic carbocycles. The van der Waals surface area contributed by atoms with Crippen LogP contribution in [0.4, 0.5) is 0 Å². The quantitative estimate of drug-likeness (QED) is 0.316. The molecule has 0 aromatic heterocycles. The van der Waals surface area contributed by atoms with Crippen LogP contribution in [-0.4, -0.2) is 38.4 Å². The van der Waals surface area contributed by atoms with Crippen LogP contribution in [-0.2, 0) is 22.6 Å². The molecule has 164 valence electrons. The summed E-state index contributed by atoms with van der Waals surface area (Å²) >= 11 is 0. The molecule has 0 amide bonds. The summed E-state index contributed by atoms with van der Waals surface area (Å²) in [5, 5.41) is 7.11. The normalized spacial score (nSPS) is 23.3. The molecule has 2 N–H and O–H groups in total. The highest BCUT2D eigenvalue weighted by atomic mass is 127. The molecule has 0 radical (unpaired) electrons. The first-order valence-electron chi connectivity index (χ1n) is 11.0. The van der Waals surface area contributed by atoms with Gasteiger partial charge in [-0.15, -0.1) is 24.0 Å². The van der Waals surface area contributed by atoms with Crippen LogP contribution in [0.15, 0.2) is 29.3 Å². The van der Waals surface area contributed by atoms with Gasteiger partial charge in [-0.2, -0.15) is 0 Å². The highest BCUT2D eigenvalue weighted by Gasteiger charge is 2.21. The molecule has 29 heavy (non-hydrogen) atoms. The van der Waals surface area contributed by atoms with Gasteiger partial charge in [0.15, 0.2) is 5.96 Å². The average Bonchev–Trinajstić information content (AvgIpc) is 2.76. The number of hydrogen-bond donors (Lipinski definition) is 2. The number of aliphatic imine (C=N–C) groups is 1. The maximum absolute atomic E-state index is 6.06. The van der Waals surface area contributed by atoms with E-state index < -0.39 is 0 Å². The van der Waals surface area contributed by atoms with Crippen LogP contribution in [0, 0.1) is 5.92 Å². The molecule has 1 aliphatic heterocycles. The number of halogens is 1. The molecule has 2 aliphatic rings. The molecule has 3 rings (SSSR count). The number of nitrogens with zero attached hydrogens (tertiary/aromatic N) is 1. The third-order valence-corrected chi connectivity index (χ3v) is 6.03. The van der Waals surface area contributed by atoms with Crippen molar-refractivity contribution >= 4 is 29.9 Å². The number of rotatable bonds is 7. The molecule has 1 saturated heterocycles. The number of hydrogen-bond acceptors (Lipinski definition) is 3. The van der Waals surface area contributed by atoms with E-state index in [1.165, 1.54) is 43.2 Å². The molecule has 1 saturated carbocycles. The summed E-state index contributed by atoms with van der Waals surface area (Å²) in [6.07, 6.45) is 8.83. The Kier molecular flexibility index (Phi) is 11.3. The third kappa shape index (κ3) is 8.42. The minimum absolute atomic E-state index is 0. The van der Waals surface area contributed by atoms with E-state index in [2.05, 4.69) is 46.8 Å². The van der Waals surface area contributed by atoms with Gasteiger partial charge in [-0.05, 0) is 42.7 Å². The monoisotopic (exact) mass is 515 g/mol. The number of guanidine groups is 1. The van der Waals surface area contributed by atoms with Crippen LogP contribution in [0.25, 0.3) is 0 Å². The topological polar surface area (TPSA) is 54.9 Å². The first kappa shape index (κ1) is 24.4. The molecular weight excluding hydrogens is 477 g/mol. The fraction of sp³-hybridized carbons (Fsp3) is 0.696. The van der Waals surface area contributed by atoms with E-state index in [-0.39, 0.29) is 24.0 Å².